The van der Waals surface area contributed by atoms with E-state index in [1.54, 1.807) is 32.4 Å². The average molecular weight is 486 g/mol. The van der Waals surface area contributed by atoms with Gasteiger partial charge in [0.15, 0.2) is 5.82 Å². The number of sulfonamides is 1. The van der Waals surface area contributed by atoms with Gasteiger partial charge in [-0.2, -0.15) is 0 Å². The smallest absolute Gasteiger partial charge is 0.263 e. The van der Waals surface area contributed by atoms with Crippen LogP contribution in [0.25, 0.3) is 11.0 Å². The predicted molar refractivity (Wildman–Crippen MR) is 131 cm³/mol. The van der Waals surface area contributed by atoms with E-state index in [2.05, 4.69) is 14.7 Å². The first-order valence-corrected chi connectivity index (χ1v) is 11.5. The zero-order chi connectivity index (χ0) is 22.7. The fraction of sp³-hybridized carbons (Fsp3) is 0.167. The standard InChI is InChI=1S/C23H20ClN3O4S.CH4/c1-30-17-9-12-22(31-2)15(13-17)14-21-23(26-20-6-4-3-5-19(20)25-21)27-32(28,29)18-10-7-16(24)8-11-18;/h3-13H,14H2,1-2H3,(H,26,27);1H4. The molecule has 0 radical (unpaired) electrons. The largest absolute Gasteiger partial charge is 0.497 e. The number of methoxy groups -OCH3 is 2. The second kappa shape index (κ2) is 10.1. The number of halogens is 1. The van der Waals surface area contributed by atoms with E-state index < -0.39 is 10.0 Å². The molecule has 1 aromatic heterocycles. The molecule has 3 aromatic carbocycles. The monoisotopic (exact) mass is 485 g/mol. The number of aromatic nitrogens is 2. The summed E-state index contributed by atoms with van der Waals surface area (Å²) in [6.45, 7) is 0. The number of fused-ring (bicyclic) bond motifs is 1. The lowest BCUT2D eigenvalue weighted by atomic mass is 10.1. The van der Waals surface area contributed by atoms with E-state index in [0.717, 1.165) is 5.56 Å². The van der Waals surface area contributed by atoms with Gasteiger partial charge in [-0.3, -0.25) is 4.72 Å². The molecule has 33 heavy (non-hydrogen) atoms. The van der Waals surface area contributed by atoms with Crippen molar-refractivity contribution in [2.45, 2.75) is 18.7 Å². The van der Waals surface area contributed by atoms with Crippen molar-refractivity contribution in [3.05, 3.63) is 83.0 Å². The fourth-order valence-electron chi connectivity index (χ4n) is 3.24. The van der Waals surface area contributed by atoms with Crippen molar-refractivity contribution in [3.8, 4) is 11.5 Å². The van der Waals surface area contributed by atoms with Gasteiger partial charge >= 0.3 is 0 Å². The van der Waals surface area contributed by atoms with Crippen molar-refractivity contribution < 1.29 is 17.9 Å². The Kier molecular flexibility index (Phi) is 7.40. The van der Waals surface area contributed by atoms with E-state index in [-0.39, 0.29) is 24.6 Å². The maximum atomic E-state index is 13.0. The van der Waals surface area contributed by atoms with Crippen molar-refractivity contribution in [2.24, 2.45) is 0 Å². The molecule has 0 aliphatic rings. The molecule has 172 valence electrons. The number of nitrogens with zero attached hydrogens (tertiary/aromatic N) is 2. The van der Waals surface area contributed by atoms with Crippen LogP contribution in [0.15, 0.2) is 71.6 Å². The Balaban J connectivity index is 0.00000306. The van der Waals surface area contributed by atoms with E-state index >= 15 is 0 Å². The third-order valence-corrected chi connectivity index (χ3v) is 6.45. The number of para-hydroxylation sites is 2. The average Bonchev–Trinajstić information content (AvgIpc) is 2.79. The van der Waals surface area contributed by atoms with Crippen molar-refractivity contribution in [1.29, 1.82) is 0 Å². The van der Waals surface area contributed by atoms with Gasteiger partial charge in [-0.05, 0) is 54.6 Å². The summed E-state index contributed by atoms with van der Waals surface area (Å²) in [5, 5.41) is 0.445. The van der Waals surface area contributed by atoms with Crippen LogP contribution >= 0.6 is 11.6 Å². The van der Waals surface area contributed by atoms with Gasteiger partial charge in [-0.15, -0.1) is 0 Å². The molecular formula is C24H24ClN3O4S. The zero-order valence-electron chi connectivity index (χ0n) is 17.4. The number of nitrogens with one attached hydrogen (secondary N) is 1. The van der Waals surface area contributed by atoms with Crippen molar-refractivity contribution >= 4 is 38.5 Å². The van der Waals surface area contributed by atoms with Gasteiger partial charge in [0, 0.05) is 17.0 Å². The molecule has 7 nitrogen and oxygen atoms in total. The lowest BCUT2D eigenvalue weighted by Gasteiger charge is -2.15. The Hall–Kier alpha value is -3.36. The van der Waals surface area contributed by atoms with Crippen LogP contribution in [0.2, 0.25) is 5.02 Å². The molecule has 1 N–H and O–H groups in total. The van der Waals surface area contributed by atoms with Crippen LogP contribution in [0.4, 0.5) is 5.82 Å². The van der Waals surface area contributed by atoms with Gasteiger partial charge in [0.2, 0.25) is 0 Å². The van der Waals surface area contributed by atoms with Crippen molar-refractivity contribution in [2.75, 3.05) is 18.9 Å². The van der Waals surface area contributed by atoms with E-state index in [4.69, 9.17) is 21.1 Å². The summed E-state index contributed by atoms with van der Waals surface area (Å²) in [5.41, 5.74) is 2.46. The Bertz CT molecular complexity index is 1380. The van der Waals surface area contributed by atoms with Gasteiger partial charge in [0.1, 0.15) is 11.5 Å². The minimum absolute atomic E-state index is 0. The highest BCUT2D eigenvalue weighted by molar-refractivity contribution is 7.92. The molecule has 9 heteroatoms. The molecule has 0 saturated carbocycles. The first kappa shape index (κ1) is 24.3. The molecule has 0 spiro atoms. The fourth-order valence-corrected chi connectivity index (χ4v) is 4.40. The summed E-state index contributed by atoms with van der Waals surface area (Å²) in [6, 6.07) is 18.6. The Morgan fingerprint density at radius 1 is 0.909 bits per heavy atom. The molecule has 0 amide bonds. The van der Waals surface area contributed by atoms with Gasteiger partial charge in [-0.25, -0.2) is 18.4 Å². The number of hydrogen-bond acceptors (Lipinski definition) is 6. The van der Waals surface area contributed by atoms with Crippen LogP contribution in [0.5, 0.6) is 11.5 Å². The third kappa shape index (κ3) is 5.35. The molecule has 0 aliphatic heterocycles. The molecule has 0 bridgehead atoms. The SMILES string of the molecule is C.COc1ccc(OC)c(Cc2nc3ccccc3nc2NS(=O)(=O)c2ccc(Cl)cc2)c1. The third-order valence-electron chi connectivity index (χ3n) is 4.84. The number of anilines is 1. The molecule has 0 unspecified atom stereocenters. The van der Waals surface area contributed by atoms with Gasteiger partial charge in [-0.1, -0.05) is 31.2 Å². The van der Waals surface area contributed by atoms with Crippen molar-refractivity contribution in [1.82, 2.24) is 9.97 Å². The lowest BCUT2D eigenvalue weighted by Crippen LogP contribution is -2.16. The van der Waals surface area contributed by atoms with Crippen LogP contribution < -0.4 is 14.2 Å². The summed E-state index contributed by atoms with van der Waals surface area (Å²) in [5.74, 6) is 1.42. The van der Waals surface area contributed by atoms with Crippen LogP contribution in [0.3, 0.4) is 0 Å². The first-order valence-electron chi connectivity index (χ1n) is 9.64. The summed E-state index contributed by atoms with van der Waals surface area (Å²) >= 11 is 5.90. The molecule has 0 aliphatic carbocycles. The molecule has 0 fully saturated rings. The second-order valence-electron chi connectivity index (χ2n) is 6.92. The van der Waals surface area contributed by atoms with Gasteiger partial charge in [0.05, 0.1) is 35.8 Å². The molecular weight excluding hydrogens is 462 g/mol. The highest BCUT2D eigenvalue weighted by atomic mass is 35.5. The Morgan fingerprint density at radius 2 is 1.58 bits per heavy atom. The Morgan fingerprint density at radius 3 is 2.21 bits per heavy atom. The lowest BCUT2D eigenvalue weighted by molar-refractivity contribution is 0.399. The molecule has 4 rings (SSSR count). The molecule has 1 heterocycles. The predicted octanol–water partition coefficient (Wildman–Crippen LogP) is 5.33. The summed E-state index contributed by atoms with van der Waals surface area (Å²) in [4.78, 5) is 9.30. The number of rotatable bonds is 7. The van der Waals surface area contributed by atoms with Crippen LogP contribution in [0, 0.1) is 0 Å². The van der Waals surface area contributed by atoms with Gasteiger partial charge in [0.25, 0.3) is 10.0 Å². The molecule has 0 saturated heterocycles. The maximum absolute atomic E-state index is 13.0. The first-order chi connectivity index (χ1) is 15.4. The van der Waals surface area contributed by atoms with E-state index in [1.165, 1.54) is 24.3 Å². The summed E-state index contributed by atoms with van der Waals surface area (Å²) in [7, 11) is -0.762. The maximum Gasteiger partial charge on any atom is 0.263 e. The van der Waals surface area contributed by atoms with Crippen LogP contribution in [0.1, 0.15) is 18.7 Å². The van der Waals surface area contributed by atoms with E-state index in [0.29, 0.717) is 33.2 Å². The topological polar surface area (TPSA) is 90.4 Å². The quantitative estimate of drug-likeness (QED) is 0.380. The zero-order valence-corrected chi connectivity index (χ0v) is 18.9. The van der Waals surface area contributed by atoms with E-state index in [1.807, 2.05) is 24.3 Å². The second-order valence-corrected chi connectivity index (χ2v) is 9.04. The van der Waals surface area contributed by atoms with E-state index in [9.17, 15) is 8.42 Å². The van der Waals surface area contributed by atoms with Gasteiger partial charge < -0.3 is 9.47 Å². The number of ether oxygens (including phenoxy) is 2. The normalized spacial score (nSPS) is 11.0. The highest BCUT2D eigenvalue weighted by Crippen LogP contribution is 2.29. The summed E-state index contributed by atoms with van der Waals surface area (Å²) < 4.78 is 39.4. The number of hydrogen-bond donors (Lipinski definition) is 1. The minimum Gasteiger partial charge on any atom is -0.497 e. The van der Waals surface area contributed by atoms with Crippen LogP contribution in [-0.4, -0.2) is 32.6 Å². The van der Waals surface area contributed by atoms with Crippen LogP contribution in [-0.2, 0) is 16.4 Å². The minimum atomic E-state index is -3.91. The molecule has 0 atom stereocenters. The highest BCUT2D eigenvalue weighted by Gasteiger charge is 2.20. The summed E-state index contributed by atoms with van der Waals surface area (Å²) in [6.07, 6.45) is 0.274. The Labute approximate surface area is 198 Å². The number of benzene rings is 3. The van der Waals surface area contributed by atoms with Crippen molar-refractivity contribution in [3.63, 3.8) is 0 Å². The molecule has 4 aromatic rings.